The van der Waals surface area contributed by atoms with Crippen molar-refractivity contribution in [1.82, 2.24) is 10.2 Å². The van der Waals surface area contributed by atoms with Gasteiger partial charge in [-0.1, -0.05) is 12.1 Å². The first-order chi connectivity index (χ1) is 10.2. The Bertz CT molecular complexity index is 593. The van der Waals surface area contributed by atoms with Gasteiger partial charge in [0.15, 0.2) is 0 Å². The van der Waals surface area contributed by atoms with Crippen LogP contribution < -0.4 is 5.32 Å². The fraction of sp³-hybridized carbons (Fsp3) is 0.312. The monoisotopic (exact) mass is 304 g/mol. The van der Waals surface area contributed by atoms with Crippen molar-refractivity contribution >= 4 is 17.4 Å². The van der Waals surface area contributed by atoms with Gasteiger partial charge in [-0.15, -0.1) is 0 Å². The third-order valence-electron chi connectivity index (χ3n) is 3.54. The van der Waals surface area contributed by atoms with E-state index in [1.165, 1.54) is 17.7 Å². The second-order valence-corrected chi connectivity index (χ2v) is 6.06. The lowest BCUT2D eigenvalue weighted by molar-refractivity contribution is 0.191. The van der Waals surface area contributed by atoms with Gasteiger partial charge in [0, 0.05) is 19.1 Å². The molecule has 3 rings (SSSR count). The van der Waals surface area contributed by atoms with Crippen molar-refractivity contribution in [3.05, 3.63) is 58.0 Å². The van der Waals surface area contributed by atoms with E-state index in [1.54, 1.807) is 23.5 Å². The van der Waals surface area contributed by atoms with E-state index >= 15 is 0 Å². The van der Waals surface area contributed by atoms with E-state index in [-0.39, 0.29) is 11.8 Å². The molecule has 1 aliphatic carbocycles. The van der Waals surface area contributed by atoms with E-state index in [2.05, 4.69) is 10.7 Å². The number of benzene rings is 1. The Labute approximate surface area is 127 Å². The largest absolute Gasteiger partial charge is 0.334 e. The van der Waals surface area contributed by atoms with Crippen LogP contribution in [0.4, 0.5) is 9.18 Å². The van der Waals surface area contributed by atoms with Gasteiger partial charge in [-0.25, -0.2) is 9.18 Å². The molecule has 1 aromatic heterocycles. The molecule has 0 saturated heterocycles. The van der Waals surface area contributed by atoms with Crippen molar-refractivity contribution in [3.8, 4) is 0 Å². The van der Waals surface area contributed by atoms with E-state index < -0.39 is 0 Å². The minimum Gasteiger partial charge on any atom is -0.334 e. The molecular formula is C16H17FN2OS. The lowest BCUT2D eigenvalue weighted by Gasteiger charge is -2.22. The zero-order chi connectivity index (χ0) is 14.7. The molecular weight excluding hydrogens is 287 g/mol. The van der Waals surface area contributed by atoms with Gasteiger partial charge in [0.1, 0.15) is 5.82 Å². The number of carbonyl (C=O) groups is 1. The summed E-state index contributed by atoms with van der Waals surface area (Å²) in [6.45, 7) is 1.08. The first kappa shape index (κ1) is 14.1. The molecule has 2 amide bonds. The molecule has 110 valence electrons. The molecule has 0 aliphatic heterocycles. The number of thiophene rings is 1. The van der Waals surface area contributed by atoms with Crippen LogP contribution in [0.1, 0.15) is 24.0 Å². The highest BCUT2D eigenvalue weighted by Crippen LogP contribution is 2.28. The van der Waals surface area contributed by atoms with Crippen LogP contribution in [-0.2, 0) is 13.1 Å². The molecule has 1 fully saturated rings. The van der Waals surface area contributed by atoms with Crippen molar-refractivity contribution in [2.24, 2.45) is 0 Å². The van der Waals surface area contributed by atoms with Crippen LogP contribution in [0, 0.1) is 5.82 Å². The second-order valence-electron chi connectivity index (χ2n) is 5.28. The number of carbonyl (C=O) groups excluding carboxylic acids is 1. The highest BCUT2D eigenvalue weighted by Gasteiger charge is 2.32. The summed E-state index contributed by atoms with van der Waals surface area (Å²) in [6.07, 6.45) is 2.15. The highest BCUT2D eigenvalue weighted by atomic mass is 32.1. The number of nitrogens with one attached hydrogen (secondary N) is 1. The van der Waals surface area contributed by atoms with Gasteiger partial charge >= 0.3 is 6.03 Å². The molecule has 1 saturated carbocycles. The van der Waals surface area contributed by atoms with Crippen LogP contribution in [0.15, 0.2) is 41.1 Å². The minimum atomic E-state index is -0.262. The zero-order valence-electron chi connectivity index (χ0n) is 11.6. The summed E-state index contributed by atoms with van der Waals surface area (Å²) < 4.78 is 12.8. The van der Waals surface area contributed by atoms with Gasteiger partial charge < -0.3 is 10.2 Å². The first-order valence-corrected chi connectivity index (χ1v) is 7.96. The third-order valence-corrected chi connectivity index (χ3v) is 4.27. The smallest absolute Gasteiger partial charge is 0.318 e. The molecule has 0 spiro atoms. The number of rotatable bonds is 5. The van der Waals surface area contributed by atoms with E-state index in [1.807, 2.05) is 16.3 Å². The van der Waals surface area contributed by atoms with Crippen molar-refractivity contribution < 1.29 is 9.18 Å². The average Bonchev–Trinajstić information content (AvgIpc) is 3.20. The molecule has 1 heterocycles. The van der Waals surface area contributed by atoms with E-state index in [0.717, 1.165) is 18.4 Å². The number of amides is 2. The predicted octanol–water partition coefficient (Wildman–Crippen LogP) is 3.76. The normalized spacial score (nSPS) is 14.0. The maximum Gasteiger partial charge on any atom is 0.318 e. The second kappa shape index (κ2) is 6.26. The number of hydrogen-bond donors (Lipinski definition) is 1. The molecule has 1 N–H and O–H groups in total. The van der Waals surface area contributed by atoms with Gasteiger partial charge in [-0.2, -0.15) is 11.3 Å². The molecule has 0 radical (unpaired) electrons. The fourth-order valence-corrected chi connectivity index (χ4v) is 2.87. The minimum absolute atomic E-state index is 0.0481. The summed E-state index contributed by atoms with van der Waals surface area (Å²) in [5, 5.41) is 7.02. The Morgan fingerprint density at radius 3 is 2.62 bits per heavy atom. The van der Waals surface area contributed by atoms with Crippen LogP contribution >= 0.6 is 11.3 Å². The van der Waals surface area contributed by atoms with E-state index in [0.29, 0.717) is 19.1 Å². The molecule has 21 heavy (non-hydrogen) atoms. The van der Waals surface area contributed by atoms with Crippen LogP contribution in [-0.4, -0.2) is 17.0 Å². The Morgan fingerprint density at radius 1 is 1.24 bits per heavy atom. The maximum atomic E-state index is 12.8. The average molecular weight is 304 g/mol. The van der Waals surface area contributed by atoms with Crippen LogP contribution in [0.3, 0.4) is 0 Å². The van der Waals surface area contributed by atoms with Gasteiger partial charge in [-0.3, -0.25) is 0 Å². The number of halogens is 1. The topological polar surface area (TPSA) is 32.3 Å². The van der Waals surface area contributed by atoms with Crippen LogP contribution in [0.5, 0.6) is 0 Å². The molecule has 1 aromatic carbocycles. The summed E-state index contributed by atoms with van der Waals surface area (Å²) in [7, 11) is 0. The van der Waals surface area contributed by atoms with Gasteiger partial charge in [-0.05, 0) is 52.9 Å². The van der Waals surface area contributed by atoms with Gasteiger partial charge in [0.05, 0.1) is 0 Å². The Hall–Kier alpha value is -1.88. The van der Waals surface area contributed by atoms with E-state index in [4.69, 9.17) is 0 Å². The van der Waals surface area contributed by atoms with Gasteiger partial charge in [0.25, 0.3) is 0 Å². The molecule has 0 bridgehead atoms. The number of hydrogen-bond acceptors (Lipinski definition) is 2. The first-order valence-electron chi connectivity index (χ1n) is 7.02. The summed E-state index contributed by atoms with van der Waals surface area (Å²) in [5.41, 5.74) is 2.07. The third kappa shape index (κ3) is 3.82. The molecule has 2 aromatic rings. The van der Waals surface area contributed by atoms with Crippen LogP contribution in [0.2, 0.25) is 0 Å². The predicted molar refractivity (Wildman–Crippen MR) is 81.5 cm³/mol. The Balaban J connectivity index is 1.58. The lowest BCUT2D eigenvalue weighted by atomic mass is 10.2. The summed E-state index contributed by atoms with van der Waals surface area (Å²) in [5.74, 6) is -0.262. The zero-order valence-corrected chi connectivity index (χ0v) is 12.4. The number of nitrogens with zero attached hydrogens (tertiary/aromatic N) is 1. The fourth-order valence-electron chi connectivity index (χ4n) is 2.21. The number of urea groups is 1. The van der Waals surface area contributed by atoms with Crippen molar-refractivity contribution in [2.45, 2.75) is 32.0 Å². The van der Waals surface area contributed by atoms with Crippen molar-refractivity contribution in [1.29, 1.82) is 0 Å². The molecule has 3 nitrogen and oxygen atoms in total. The van der Waals surface area contributed by atoms with Gasteiger partial charge in [0.2, 0.25) is 0 Å². The quantitative estimate of drug-likeness (QED) is 0.896. The summed E-state index contributed by atoms with van der Waals surface area (Å²) >= 11 is 1.64. The lowest BCUT2D eigenvalue weighted by Crippen LogP contribution is -2.40. The van der Waals surface area contributed by atoms with Crippen molar-refractivity contribution in [2.75, 3.05) is 0 Å². The standard InChI is InChI=1S/C16H17FN2OS/c17-14-3-1-12(2-4-14)9-18-16(20)19(15-5-6-15)10-13-7-8-21-11-13/h1-4,7-8,11,15H,5-6,9-10H2,(H,18,20). The molecule has 0 atom stereocenters. The molecule has 0 unspecified atom stereocenters. The SMILES string of the molecule is O=C(NCc1ccc(F)cc1)N(Cc1ccsc1)C1CC1. The Morgan fingerprint density at radius 2 is 2.00 bits per heavy atom. The van der Waals surface area contributed by atoms with Crippen LogP contribution in [0.25, 0.3) is 0 Å². The highest BCUT2D eigenvalue weighted by molar-refractivity contribution is 7.07. The summed E-state index contributed by atoms with van der Waals surface area (Å²) in [4.78, 5) is 14.2. The summed E-state index contributed by atoms with van der Waals surface area (Å²) in [6, 6.07) is 8.56. The molecule has 1 aliphatic rings. The Kier molecular flexibility index (Phi) is 4.20. The van der Waals surface area contributed by atoms with Crippen molar-refractivity contribution in [3.63, 3.8) is 0 Å². The van der Waals surface area contributed by atoms with E-state index in [9.17, 15) is 9.18 Å². The molecule has 5 heteroatoms. The maximum absolute atomic E-state index is 12.8.